The van der Waals surface area contributed by atoms with E-state index in [-0.39, 0.29) is 18.0 Å². The lowest BCUT2D eigenvalue weighted by Gasteiger charge is -2.07. The molecule has 0 unspecified atom stereocenters. The molecule has 8 nitrogen and oxygen atoms in total. The van der Waals surface area contributed by atoms with Gasteiger partial charge < -0.3 is 14.9 Å². The molecule has 2 N–H and O–H groups in total. The number of H-pyrrole nitrogens is 1. The first kappa shape index (κ1) is 21.4. The molecule has 4 aromatic rings. The Balaban J connectivity index is 1.41. The van der Waals surface area contributed by atoms with E-state index in [1.54, 1.807) is 41.9 Å². The molecule has 0 aliphatic rings. The highest BCUT2D eigenvalue weighted by Crippen LogP contribution is 2.23. The van der Waals surface area contributed by atoms with Gasteiger partial charge in [0.2, 0.25) is 0 Å². The lowest BCUT2D eigenvalue weighted by atomic mass is 10.2. The van der Waals surface area contributed by atoms with Crippen molar-refractivity contribution in [3.8, 4) is 0 Å². The fraction of sp³-hybridized carbons (Fsp3) is 0.150. The number of aromatic amines is 1. The van der Waals surface area contributed by atoms with Gasteiger partial charge in [0.15, 0.2) is 11.0 Å². The Morgan fingerprint density at radius 3 is 2.77 bits per heavy atom. The Kier molecular flexibility index (Phi) is 6.26. The van der Waals surface area contributed by atoms with E-state index in [0.717, 1.165) is 0 Å². The monoisotopic (exact) mass is 474 g/mol. The Hall–Kier alpha value is -2.88. The number of fused-ring (bicyclic) bond motifs is 1. The van der Waals surface area contributed by atoms with E-state index in [2.05, 4.69) is 25.5 Å². The number of halogens is 2. The Bertz CT molecular complexity index is 1340. The average molecular weight is 475 g/mol. The molecule has 0 saturated heterocycles. The molecule has 0 aliphatic heterocycles. The van der Waals surface area contributed by atoms with Gasteiger partial charge in [0, 0.05) is 12.6 Å². The predicted molar refractivity (Wildman–Crippen MR) is 121 cm³/mol. The molecule has 4 rings (SSSR count). The van der Waals surface area contributed by atoms with Gasteiger partial charge in [-0.25, -0.2) is 4.98 Å². The van der Waals surface area contributed by atoms with Crippen molar-refractivity contribution < 1.29 is 4.79 Å². The summed E-state index contributed by atoms with van der Waals surface area (Å²) in [7, 11) is 1.81. The van der Waals surface area contributed by atoms with Gasteiger partial charge in [0.1, 0.15) is 5.82 Å². The number of hydrogen-bond donors (Lipinski definition) is 2. The van der Waals surface area contributed by atoms with Crippen LogP contribution < -0.4 is 10.9 Å². The normalized spacial score (nSPS) is 11.1. The van der Waals surface area contributed by atoms with E-state index in [9.17, 15) is 9.59 Å². The minimum absolute atomic E-state index is 0.176. The number of nitrogens with zero attached hydrogens (tertiary/aromatic N) is 4. The summed E-state index contributed by atoms with van der Waals surface area (Å²) in [5, 5.41) is 13.0. The summed E-state index contributed by atoms with van der Waals surface area (Å²) < 4.78 is 1.78. The van der Waals surface area contributed by atoms with E-state index >= 15 is 0 Å². The molecule has 2 aromatic heterocycles. The maximum atomic E-state index is 12.3. The van der Waals surface area contributed by atoms with Crippen molar-refractivity contribution in [2.45, 2.75) is 17.5 Å². The van der Waals surface area contributed by atoms with Crippen LogP contribution in [-0.4, -0.2) is 30.6 Å². The third kappa shape index (κ3) is 4.73. The first-order chi connectivity index (χ1) is 14.9. The van der Waals surface area contributed by atoms with Gasteiger partial charge in [-0.05, 0) is 30.3 Å². The zero-order valence-electron chi connectivity index (χ0n) is 16.2. The van der Waals surface area contributed by atoms with E-state index in [4.69, 9.17) is 23.2 Å². The summed E-state index contributed by atoms with van der Waals surface area (Å²) in [6.45, 7) is 0.189. The molecule has 2 heterocycles. The number of amides is 1. The van der Waals surface area contributed by atoms with Crippen LogP contribution in [0.4, 0.5) is 0 Å². The van der Waals surface area contributed by atoms with Crippen molar-refractivity contribution in [1.29, 1.82) is 0 Å². The van der Waals surface area contributed by atoms with Crippen LogP contribution in [0.1, 0.15) is 22.0 Å². The molecule has 0 radical (unpaired) electrons. The molecule has 31 heavy (non-hydrogen) atoms. The maximum Gasteiger partial charge on any atom is 0.258 e. The van der Waals surface area contributed by atoms with Gasteiger partial charge in [-0.3, -0.25) is 9.59 Å². The molecule has 0 spiro atoms. The number of nitrogens with one attached hydrogen (secondary N) is 2. The molecular weight excluding hydrogens is 459 g/mol. The van der Waals surface area contributed by atoms with Gasteiger partial charge in [0.05, 0.1) is 33.2 Å². The fourth-order valence-electron chi connectivity index (χ4n) is 2.86. The largest absolute Gasteiger partial charge is 0.345 e. The Morgan fingerprint density at radius 2 is 1.97 bits per heavy atom. The molecule has 0 atom stereocenters. The highest BCUT2D eigenvalue weighted by molar-refractivity contribution is 7.98. The Labute approximate surface area is 191 Å². The number of rotatable bonds is 6. The molecule has 158 valence electrons. The van der Waals surface area contributed by atoms with E-state index in [1.807, 2.05) is 6.07 Å². The van der Waals surface area contributed by atoms with Gasteiger partial charge in [-0.2, -0.15) is 0 Å². The molecule has 1 amide bonds. The summed E-state index contributed by atoms with van der Waals surface area (Å²) in [6, 6.07) is 11.9. The third-order valence-corrected chi connectivity index (χ3v) is 6.28. The van der Waals surface area contributed by atoms with Crippen molar-refractivity contribution in [2.24, 2.45) is 7.05 Å². The minimum Gasteiger partial charge on any atom is -0.345 e. The van der Waals surface area contributed by atoms with Crippen LogP contribution in [0.15, 0.2) is 52.4 Å². The number of carbonyl (C=O) groups is 1. The standard InChI is InChI=1S/C20H16Cl2N6O2S/c1-28-17(9-23-18(29)11-6-7-13(21)14(22)8-11)26-27-20(28)31-10-16-24-15-5-3-2-4-12(15)19(30)25-16/h2-8H,9-10H2,1H3,(H,23,29)(H,24,25,30). The minimum atomic E-state index is -0.297. The Morgan fingerprint density at radius 1 is 1.16 bits per heavy atom. The van der Waals surface area contributed by atoms with Crippen LogP contribution in [0.5, 0.6) is 0 Å². The van der Waals surface area contributed by atoms with Crippen LogP contribution in [0, 0.1) is 0 Å². The summed E-state index contributed by atoms with van der Waals surface area (Å²) in [4.78, 5) is 31.8. The second-order valence-electron chi connectivity index (χ2n) is 6.59. The molecule has 0 aliphatic carbocycles. The highest BCUT2D eigenvalue weighted by atomic mass is 35.5. The molecule has 2 aromatic carbocycles. The van der Waals surface area contributed by atoms with Crippen LogP contribution in [0.3, 0.4) is 0 Å². The van der Waals surface area contributed by atoms with Gasteiger partial charge >= 0.3 is 0 Å². The van der Waals surface area contributed by atoms with Crippen molar-refractivity contribution in [1.82, 2.24) is 30.0 Å². The van der Waals surface area contributed by atoms with Crippen LogP contribution >= 0.6 is 35.0 Å². The van der Waals surface area contributed by atoms with E-state index in [1.165, 1.54) is 17.8 Å². The average Bonchev–Trinajstić information content (AvgIpc) is 3.12. The predicted octanol–water partition coefficient (Wildman–Crippen LogP) is 3.58. The van der Waals surface area contributed by atoms with Crippen LogP contribution in [0.2, 0.25) is 10.0 Å². The quantitative estimate of drug-likeness (QED) is 0.413. The number of aromatic nitrogens is 5. The van der Waals surface area contributed by atoms with Crippen molar-refractivity contribution in [3.05, 3.63) is 80.1 Å². The molecule has 0 fully saturated rings. The first-order valence-electron chi connectivity index (χ1n) is 9.14. The summed E-state index contributed by atoms with van der Waals surface area (Å²) >= 11 is 13.2. The summed E-state index contributed by atoms with van der Waals surface area (Å²) in [5.41, 5.74) is 0.868. The fourth-order valence-corrected chi connectivity index (χ4v) is 3.96. The number of para-hydroxylation sites is 1. The van der Waals surface area contributed by atoms with E-state index < -0.39 is 0 Å². The zero-order chi connectivity index (χ0) is 22.0. The summed E-state index contributed by atoms with van der Waals surface area (Å²) in [5.74, 6) is 1.25. The third-order valence-electron chi connectivity index (χ3n) is 4.51. The van der Waals surface area contributed by atoms with Crippen molar-refractivity contribution >= 4 is 51.8 Å². The molecule has 0 bridgehead atoms. The zero-order valence-corrected chi connectivity index (χ0v) is 18.6. The number of hydrogen-bond acceptors (Lipinski definition) is 6. The molecule has 0 saturated carbocycles. The van der Waals surface area contributed by atoms with Crippen molar-refractivity contribution in [3.63, 3.8) is 0 Å². The number of carbonyl (C=O) groups excluding carboxylic acids is 1. The lowest BCUT2D eigenvalue weighted by Crippen LogP contribution is -2.24. The topological polar surface area (TPSA) is 106 Å². The molecular formula is C20H16Cl2N6O2S. The van der Waals surface area contributed by atoms with Gasteiger partial charge in [0.25, 0.3) is 11.5 Å². The first-order valence-corrected chi connectivity index (χ1v) is 10.9. The number of thioether (sulfide) groups is 1. The van der Waals surface area contributed by atoms with Gasteiger partial charge in [-0.1, -0.05) is 47.1 Å². The maximum absolute atomic E-state index is 12.3. The lowest BCUT2D eigenvalue weighted by molar-refractivity contribution is 0.0949. The second kappa shape index (κ2) is 9.09. The smallest absolute Gasteiger partial charge is 0.258 e. The van der Waals surface area contributed by atoms with Crippen LogP contribution in [-0.2, 0) is 19.3 Å². The molecule has 11 heteroatoms. The highest BCUT2D eigenvalue weighted by Gasteiger charge is 2.13. The van der Waals surface area contributed by atoms with Crippen molar-refractivity contribution in [2.75, 3.05) is 0 Å². The number of benzene rings is 2. The van der Waals surface area contributed by atoms with E-state index in [0.29, 0.717) is 49.1 Å². The van der Waals surface area contributed by atoms with Crippen LogP contribution in [0.25, 0.3) is 10.9 Å². The van der Waals surface area contributed by atoms with Gasteiger partial charge in [-0.15, -0.1) is 10.2 Å². The second-order valence-corrected chi connectivity index (χ2v) is 8.34. The SMILES string of the molecule is Cn1c(CNC(=O)c2ccc(Cl)c(Cl)c2)nnc1SCc1nc2ccccc2c(=O)[nH]1. The summed E-state index contributed by atoms with van der Waals surface area (Å²) in [6.07, 6.45) is 0.